The zero-order valence-corrected chi connectivity index (χ0v) is 17.8. The summed E-state index contributed by atoms with van der Waals surface area (Å²) < 4.78 is 1.39. The highest BCUT2D eigenvalue weighted by atomic mass is 35.5. The molecule has 2 amide bonds. The molecular weight excluding hydrogens is 416 g/mol. The normalized spacial score (nSPS) is 13.5. The topological polar surface area (TPSA) is 96.3 Å². The Morgan fingerprint density at radius 1 is 1.16 bits per heavy atom. The molecule has 31 heavy (non-hydrogen) atoms. The third-order valence-corrected chi connectivity index (χ3v) is 5.67. The first kappa shape index (κ1) is 20.9. The predicted molar refractivity (Wildman–Crippen MR) is 120 cm³/mol. The van der Waals surface area contributed by atoms with E-state index in [2.05, 4.69) is 15.7 Å². The molecule has 0 radical (unpaired) electrons. The zero-order chi connectivity index (χ0) is 22.0. The summed E-state index contributed by atoms with van der Waals surface area (Å²) in [5, 5.41) is 21.1. The Kier molecular flexibility index (Phi) is 5.95. The number of aromatic hydroxyl groups is 1. The predicted octanol–water partition coefficient (Wildman–Crippen LogP) is 5.01. The SMILES string of the molecule is CCNC(=O)n1nc(-c2cc(NC(=O)c3ccc(Cl)cc3)ccc2O)cc1C1CCC1. The van der Waals surface area contributed by atoms with E-state index in [1.54, 1.807) is 36.4 Å². The first-order valence-corrected chi connectivity index (χ1v) is 10.6. The molecule has 0 spiro atoms. The van der Waals surface area contributed by atoms with Gasteiger partial charge in [0.15, 0.2) is 0 Å². The smallest absolute Gasteiger partial charge is 0.342 e. The fraction of sp³-hybridized carbons (Fsp3) is 0.261. The second-order valence-corrected chi connectivity index (χ2v) is 7.96. The van der Waals surface area contributed by atoms with Gasteiger partial charge in [0.05, 0.1) is 11.4 Å². The molecule has 8 heteroatoms. The Bertz CT molecular complexity index is 1120. The Labute approximate surface area is 185 Å². The average molecular weight is 439 g/mol. The van der Waals surface area contributed by atoms with Crippen molar-refractivity contribution < 1.29 is 14.7 Å². The Hall–Kier alpha value is -3.32. The van der Waals surface area contributed by atoms with Crippen molar-refractivity contribution in [3.05, 3.63) is 64.8 Å². The van der Waals surface area contributed by atoms with E-state index in [0.29, 0.717) is 34.1 Å². The molecule has 1 heterocycles. The summed E-state index contributed by atoms with van der Waals surface area (Å²) in [6.07, 6.45) is 3.14. The summed E-state index contributed by atoms with van der Waals surface area (Å²) in [5.74, 6) is 0.000284. The zero-order valence-electron chi connectivity index (χ0n) is 17.1. The summed E-state index contributed by atoms with van der Waals surface area (Å²) in [6, 6.07) is 12.9. The number of aromatic nitrogens is 2. The second kappa shape index (κ2) is 8.81. The molecule has 0 saturated heterocycles. The number of hydrogen-bond acceptors (Lipinski definition) is 4. The van der Waals surface area contributed by atoms with Crippen LogP contribution in [0.2, 0.25) is 5.02 Å². The van der Waals surface area contributed by atoms with Crippen LogP contribution in [0.4, 0.5) is 10.5 Å². The van der Waals surface area contributed by atoms with Gasteiger partial charge in [-0.3, -0.25) is 4.79 Å². The first-order valence-electron chi connectivity index (χ1n) is 10.2. The van der Waals surface area contributed by atoms with Crippen LogP contribution in [0.25, 0.3) is 11.3 Å². The van der Waals surface area contributed by atoms with Crippen molar-refractivity contribution in [1.82, 2.24) is 15.1 Å². The maximum atomic E-state index is 12.5. The fourth-order valence-corrected chi connectivity index (χ4v) is 3.66. The maximum absolute atomic E-state index is 12.5. The number of nitrogens with zero attached hydrogens (tertiary/aromatic N) is 2. The molecule has 4 rings (SSSR count). The molecule has 1 aliphatic carbocycles. The fourth-order valence-electron chi connectivity index (χ4n) is 3.53. The molecule has 1 aliphatic rings. The van der Waals surface area contributed by atoms with Gasteiger partial charge in [0.25, 0.3) is 5.91 Å². The number of carbonyl (C=O) groups excluding carboxylic acids is 2. The summed E-state index contributed by atoms with van der Waals surface area (Å²) in [5.41, 5.74) is 2.73. The van der Waals surface area contributed by atoms with Gasteiger partial charge in [-0.2, -0.15) is 9.78 Å². The Morgan fingerprint density at radius 3 is 2.55 bits per heavy atom. The van der Waals surface area contributed by atoms with Crippen LogP contribution in [-0.4, -0.2) is 33.4 Å². The van der Waals surface area contributed by atoms with Crippen LogP contribution >= 0.6 is 11.6 Å². The summed E-state index contributed by atoms with van der Waals surface area (Å²) >= 11 is 5.88. The molecule has 0 unspecified atom stereocenters. The van der Waals surface area contributed by atoms with E-state index >= 15 is 0 Å². The number of benzene rings is 2. The number of rotatable bonds is 5. The van der Waals surface area contributed by atoms with Crippen molar-refractivity contribution in [2.24, 2.45) is 0 Å². The number of hydrogen-bond donors (Lipinski definition) is 3. The second-order valence-electron chi connectivity index (χ2n) is 7.52. The summed E-state index contributed by atoms with van der Waals surface area (Å²) in [6.45, 7) is 2.35. The molecule has 3 aromatic rings. The van der Waals surface area contributed by atoms with Crippen LogP contribution < -0.4 is 10.6 Å². The van der Waals surface area contributed by atoms with Crippen molar-refractivity contribution in [1.29, 1.82) is 0 Å². The van der Waals surface area contributed by atoms with Crippen LogP contribution in [-0.2, 0) is 0 Å². The minimum atomic E-state index is -0.295. The van der Waals surface area contributed by atoms with Gasteiger partial charge in [-0.25, -0.2) is 4.79 Å². The third-order valence-electron chi connectivity index (χ3n) is 5.42. The Morgan fingerprint density at radius 2 is 1.90 bits per heavy atom. The number of amides is 2. The van der Waals surface area contributed by atoms with Crippen molar-refractivity contribution in [3.8, 4) is 17.0 Å². The molecule has 0 aliphatic heterocycles. The van der Waals surface area contributed by atoms with Gasteiger partial charge in [-0.15, -0.1) is 0 Å². The van der Waals surface area contributed by atoms with Gasteiger partial charge in [0.2, 0.25) is 0 Å². The number of carbonyl (C=O) groups is 2. The van der Waals surface area contributed by atoms with E-state index in [0.717, 1.165) is 25.0 Å². The first-order chi connectivity index (χ1) is 15.0. The van der Waals surface area contributed by atoms with Crippen molar-refractivity contribution >= 4 is 29.2 Å². The third kappa shape index (κ3) is 4.41. The number of phenolic OH excluding ortho intramolecular Hbond substituents is 1. The van der Waals surface area contributed by atoms with E-state index in [-0.39, 0.29) is 23.6 Å². The molecule has 3 N–H and O–H groups in total. The lowest BCUT2D eigenvalue weighted by atomic mass is 9.82. The van der Waals surface area contributed by atoms with Gasteiger partial charge in [-0.1, -0.05) is 18.0 Å². The van der Waals surface area contributed by atoms with Crippen LogP contribution in [0.1, 0.15) is 48.2 Å². The van der Waals surface area contributed by atoms with Crippen LogP contribution in [0, 0.1) is 0 Å². The number of halogens is 1. The molecule has 0 atom stereocenters. The summed E-state index contributed by atoms with van der Waals surface area (Å²) in [7, 11) is 0. The largest absolute Gasteiger partial charge is 0.507 e. The lowest BCUT2D eigenvalue weighted by Crippen LogP contribution is -2.31. The molecule has 1 aromatic heterocycles. The standard InChI is InChI=1S/C23H23ClN4O3/c1-2-25-23(31)28-20(14-4-3-5-14)13-19(27-28)18-12-17(10-11-21(18)29)26-22(30)15-6-8-16(24)9-7-15/h6-14,29H,2-5H2,1H3,(H,25,31)(H,26,30). The van der Waals surface area contributed by atoms with Gasteiger partial charge in [0, 0.05) is 34.3 Å². The molecule has 0 bridgehead atoms. The number of nitrogens with one attached hydrogen (secondary N) is 2. The van der Waals surface area contributed by atoms with Crippen LogP contribution in [0.15, 0.2) is 48.5 Å². The van der Waals surface area contributed by atoms with Crippen LogP contribution in [0.3, 0.4) is 0 Å². The quantitative estimate of drug-likeness (QED) is 0.488. The van der Waals surface area contributed by atoms with Crippen LogP contribution in [0.5, 0.6) is 5.75 Å². The van der Waals surface area contributed by atoms with Crippen molar-refractivity contribution in [2.45, 2.75) is 32.1 Å². The number of phenols is 1. The molecular formula is C23H23ClN4O3. The minimum Gasteiger partial charge on any atom is -0.507 e. The van der Waals surface area contributed by atoms with Crippen molar-refractivity contribution in [2.75, 3.05) is 11.9 Å². The van der Waals surface area contributed by atoms with E-state index in [4.69, 9.17) is 11.6 Å². The molecule has 160 valence electrons. The van der Waals surface area contributed by atoms with Crippen molar-refractivity contribution in [3.63, 3.8) is 0 Å². The van der Waals surface area contributed by atoms with E-state index in [9.17, 15) is 14.7 Å². The molecule has 7 nitrogen and oxygen atoms in total. The number of anilines is 1. The summed E-state index contributed by atoms with van der Waals surface area (Å²) in [4.78, 5) is 25.0. The molecule has 1 fully saturated rings. The Balaban J connectivity index is 1.64. The lowest BCUT2D eigenvalue weighted by Gasteiger charge is -2.25. The maximum Gasteiger partial charge on any atom is 0.342 e. The van der Waals surface area contributed by atoms with Gasteiger partial charge >= 0.3 is 6.03 Å². The monoisotopic (exact) mass is 438 g/mol. The van der Waals surface area contributed by atoms with Gasteiger partial charge < -0.3 is 15.7 Å². The van der Waals surface area contributed by atoms with E-state index < -0.39 is 0 Å². The highest BCUT2D eigenvalue weighted by Gasteiger charge is 2.27. The highest BCUT2D eigenvalue weighted by molar-refractivity contribution is 6.30. The highest BCUT2D eigenvalue weighted by Crippen LogP contribution is 2.39. The lowest BCUT2D eigenvalue weighted by molar-refractivity contribution is 0.102. The molecule has 1 saturated carbocycles. The van der Waals surface area contributed by atoms with Gasteiger partial charge in [0.1, 0.15) is 5.75 Å². The van der Waals surface area contributed by atoms with E-state index in [1.807, 2.05) is 13.0 Å². The average Bonchev–Trinajstić information content (AvgIpc) is 3.13. The van der Waals surface area contributed by atoms with E-state index in [1.165, 1.54) is 10.7 Å². The van der Waals surface area contributed by atoms with Gasteiger partial charge in [-0.05, 0) is 68.3 Å². The minimum absolute atomic E-state index is 0.0187. The molecule has 2 aromatic carbocycles.